The highest BCUT2D eigenvalue weighted by atomic mass is 32.2. The monoisotopic (exact) mass is 344 g/mol. The Morgan fingerprint density at radius 2 is 1.79 bits per heavy atom. The number of hydrogen-bond donors (Lipinski definition) is 2. The number of ketones is 1. The second-order valence-electron chi connectivity index (χ2n) is 5.71. The average Bonchev–Trinajstić information content (AvgIpc) is 2.84. The van der Waals surface area contributed by atoms with E-state index in [1.54, 1.807) is 42.5 Å². The van der Waals surface area contributed by atoms with E-state index in [0.717, 1.165) is 11.8 Å². The lowest BCUT2D eigenvalue weighted by atomic mass is 10.0. The number of carbonyl (C=O) groups excluding carboxylic acids is 2. The first-order valence-corrected chi connectivity index (χ1v) is 9.23. The molecule has 3 rings (SSSR count). The molecule has 2 N–H and O–H groups in total. The van der Waals surface area contributed by atoms with Gasteiger partial charge < -0.3 is 5.32 Å². The summed E-state index contributed by atoms with van der Waals surface area (Å²) in [6.45, 7) is 0. The number of hydrogen-bond acceptors (Lipinski definition) is 4. The molecule has 2 aromatic carbocycles. The summed E-state index contributed by atoms with van der Waals surface area (Å²) in [5, 5.41) is 2.75. The highest BCUT2D eigenvalue weighted by Crippen LogP contribution is 2.33. The van der Waals surface area contributed by atoms with Crippen molar-refractivity contribution in [2.75, 3.05) is 16.3 Å². The van der Waals surface area contributed by atoms with Gasteiger partial charge in [-0.3, -0.25) is 14.3 Å². The van der Waals surface area contributed by atoms with E-state index in [4.69, 9.17) is 0 Å². The van der Waals surface area contributed by atoms with Gasteiger partial charge in [-0.25, -0.2) is 8.42 Å². The van der Waals surface area contributed by atoms with Crippen molar-refractivity contribution in [1.82, 2.24) is 0 Å². The molecule has 1 atom stereocenters. The maximum Gasteiger partial charge on any atom is 0.232 e. The summed E-state index contributed by atoms with van der Waals surface area (Å²) in [4.78, 5) is 24.5. The van der Waals surface area contributed by atoms with Crippen molar-refractivity contribution in [1.29, 1.82) is 0 Å². The third kappa shape index (κ3) is 3.46. The molecule has 0 fully saturated rings. The Balaban J connectivity index is 1.79. The topological polar surface area (TPSA) is 92.3 Å². The van der Waals surface area contributed by atoms with Crippen LogP contribution >= 0.6 is 0 Å². The van der Waals surface area contributed by atoms with Crippen molar-refractivity contribution in [2.45, 2.75) is 12.3 Å². The highest BCUT2D eigenvalue weighted by molar-refractivity contribution is 7.92. The second kappa shape index (κ2) is 6.09. The number of sulfonamides is 1. The van der Waals surface area contributed by atoms with Crippen LogP contribution in [-0.4, -0.2) is 26.4 Å². The third-order valence-corrected chi connectivity index (χ3v) is 4.38. The highest BCUT2D eigenvalue weighted by Gasteiger charge is 2.33. The first-order valence-electron chi connectivity index (χ1n) is 7.34. The number of amides is 1. The van der Waals surface area contributed by atoms with Gasteiger partial charge in [-0.15, -0.1) is 0 Å². The molecule has 2 aromatic rings. The van der Waals surface area contributed by atoms with E-state index in [2.05, 4.69) is 10.0 Å². The molecule has 24 heavy (non-hydrogen) atoms. The van der Waals surface area contributed by atoms with Gasteiger partial charge in [-0.2, -0.15) is 0 Å². The molecule has 0 radical (unpaired) electrons. The van der Waals surface area contributed by atoms with Crippen LogP contribution in [0.25, 0.3) is 0 Å². The van der Waals surface area contributed by atoms with Gasteiger partial charge in [0.15, 0.2) is 5.78 Å². The lowest BCUT2D eigenvalue weighted by Gasteiger charge is -2.12. The number of Topliss-reactive ketones (excluding diaryl/α,β-unsaturated/α-hetero) is 1. The Bertz CT molecular complexity index is 922. The normalized spacial score (nSPS) is 16.5. The molecule has 0 bridgehead atoms. The van der Waals surface area contributed by atoms with E-state index in [-0.39, 0.29) is 18.1 Å². The van der Waals surface area contributed by atoms with E-state index >= 15 is 0 Å². The van der Waals surface area contributed by atoms with Crippen LogP contribution in [0, 0.1) is 0 Å². The van der Waals surface area contributed by atoms with Crippen molar-refractivity contribution in [3.63, 3.8) is 0 Å². The molecule has 0 heterocycles. The molecule has 0 saturated heterocycles. The van der Waals surface area contributed by atoms with Crippen molar-refractivity contribution >= 4 is 33.1 Å². The van der Waals surface area contributed by atoms with Crippen LogP contribution in [0.1, 0.15) is 28.3 Å². The van der Waals surface area contributed by atoms with Crippen LogP contribution in [-0.2, 0) is 14.8 Å². The third-order valence-electron chi connectivity index (χ3n) is 3.78. The van der Waals surface area contributed by atoms with Crippen molar-refractivity contribution in [3.05, 3.63) is 59.7 Å². The number of fused-ring (bicyclic) bond motifs is 1. The zero-order chi connectivity index (χ0) is 17.3. The molecule has 0 saturated carbocycles. The van der Waals surface area contributed by atoms with Crippen molar-refractivity contribution in [3.8, 4) is 0 Å². The van der Waals surface area contributed by atoms with Gasteiger partial charge in [-0.1, -0.05) is 30.3 Å². The predicted molar refractivity (Wildman–Crippen MR) is 91.7 cm³/mol. The molecule has 7 heteroatoms. The maximum absolute atomic E-state index is 12.5. The van der Waals surface area contributed by atoms with Gasteiger partial charge >= 0.3 is 0 Å². The zero-order valence-corrected chi connectivity index (χ0v) is 13.8. The van der Waals surface area contributed by atoms with E-state index in [1.807, 2.05) is 0 Å². The first-order chi connectivity index (χ1) is 11.3. The summed E-state index contributed by atoms with van der Waals surface area (Å²) in [6, 6.07) is 13.5. The van der Waals surface area contributed by atoms with Crippen LogP contribution in [0.4, 0.5) is 11.4 Å². The average molecular weight is 344 g/mol. The molecule has 6 nitrogen and oxygen atoms in total. The van der Waals surface area contributed by atoms with Crippen LogP contribution in [0.3, 0.4) is 0 Å². The lowest BCUT2D eigenvalue weighted by Crippen LogP contribution is -2.19. The Hall–Kier alpha value is -2.67. The minimum atomic E-state index is -3.39. The van der Waals surface area contributed by atoms with Gasteiger partial charge in [-0.05, 0) is 23.8 Å². The Labute approximate surface area is 139 Å². The molecule has 0 spiro atoms. The minimum absolute atomic E-state index is 0.0433. The fourth-order valence-electron chi connectivity index (χ4n) is 2.80. The van der Waals surface area contributed by atoms with E-state index in [1.165, 1.54) is 6.07 Å². The lowest BCUT2D eigenvalue weighted by molar-refractivity contribution is -0.117. The van der Waals surface area contributed by atoms with Gasteiger partial charge in [0, 0.05) is 17.7 Å². The van der Waals surface area contributed by atoms with E-state index in [9.17, 15) is 18.0 Å². The number of anilines is 2. The summed E-state index contributed by atoms with van der Waals surface area (Å²) in [6.07, 6.45) is 1.20. The van der Waals surface area contributed by atoms with Gasteiger partial charge in [0.25, 0.3) is 0 Å². The predicted octanol–water partition coefficient (Wildman–Crippen LogP) is 2.37. The molecule has 1 aliphatic carbocycles. The Morgan fingerprint density at radius 3 is 2.54 bits per heavy atom. The molecular weight excluding hydrogens is 328 g/mol. The van der Waals surface area contributed by atoms with Gasteiger partial charge in [0.05, 0.1) is 17.9 Å². The zero-order valence-electron chi connectivity index (χ0n) is 12.9. The fraction of sp³-hybridized carbons (Fsp3) is 0.176. The quantitative estimate of drug-likeness (QED) is 0.890. The van der Waals surface area contributed by atoms with Gasteiger partial charge in [0.1, 0.15) is 0 Å². The number of benzene rings is 2. The number of rotatable bonds is 4. The molecule has 0 unspecified atom stereocenters. The van der Waals surface area contributed by atoms with Gasteiger partial charge in [0.2, 0.25) is 15.9 Å². The summed E-state index contributed by atoms with van der Waals surface area (Å²) in [7, 11) is -3.39. The minimum Gasteiger partial charge on any atom is -0.325 e. The molecule has 1 amide bonds. The number of carbonyl (C=O) groups is 2. The largest absolute Gasteiger partial charge is 0.325 e. The molecular formula is C17H16N2O4S. The molecule has 1 aliphatic rings. The second-order valence-corrected chi connectivity index (χ2v) is 7.46. The fourth-order valence-corrected chi connectivity index (χ4v) is 3.35. The number of nitrogens with one attached hydrogen (secondary N) is 2. The van der Waals surface area contributed by atoms with Crippen LogP contribution in [0.5, 0.6) is 0 Å². The molecule has 0 aliphatic heterocycles. The summed E-state index contributed by atoms with van der Waals surface area (Å²) >= 11 is 0. The SMILES string of the molecule is CS(=O)(=O)Nc1cccc(NC(=O)[C@H]2CC(=O)c3ccccc32)c1. The van der Waals surface area contributed by atoms with Crippen molar-refractivity contribution < 1.29 is 18.0 Å². The maximum atomic E-state index is 12.5. The van der Waals surface area contributed by atoms with E-state index < -0.39 is 15.9 Å². The standard InChI is InChI=1S/C17H16N2O4S/c1-24(22,23)19-12-6-4-5-11(9-12)18-17(21)15-10-16(20)14-8-3-2-7-13(14)15/h2-9,15,19H,10H2,1H3,(H,18,21)/t15-/m0/s1. The van der Waals surface area contributed by atoms with E-state index in [0.29, 0.717) is 16.9 Å². The Morgan fingerprint density at radius 1 is 1.08 bits per heavy atom. The molecule has 0 aromatic heterocycles. The van der Waals surface area contributed by atoms with Crippen LogP contribution in [0.2, 0.25) is 0 Å². The molecule has 124 valence electrons. The summed E-state index contributed by atoms with van der Waals surface area (Å²) in [5.41, 5.74) is 2.14. The van der Waals surface area contributed by atoms with Crippen LogP contribution < -0.4 is 10.0 Å². The summed E-state index contributed by atoms with van der Waals surface area (Å²) < 4.78 is 24.9. The van der Waals surface area contributed by atoms with Crippen molar-refractivity contribution in [2.24, 2.45) is 0 Å². The first kappa shape index (κ1) is 16.2. The van der Waals surface area contributed by atoms with Crippen LogP contribution in [0.15, 0.2) is 48.5 Å². The summed E-state index contributed by atoms with van der Waals surface area (Å²) in [5.74, 6) is -0.858. The Kier molecular flexibility index (Phi) is 4.11. The smallest absolute Gasteiger partial charge is 0.232 e.